The monoisotopic (exact) mass is 314 g/mol. The number of hydrogen-bond acceptors (Lipinski definition) is 6. The molecule has 1 amide bonds. The van der Waals surface area contributed by atoms with Gasteiger partial charge in [-0.05, 0) is 32.4 Å². The standard InChI is InChI=1S/C13H22N4OS2/c1-10-14-15-12(20-10)19-7-11(18)17(4)9-13(2)5-6-16(3)8-13/h5-9H2,1-4H3/t13-/m0/s1. The summed E-state index contributed by atoms with van der Waals surface area (Å²) < 4.78 is 0.871. The summed E-state index contributed by atoms with van der Waals surface area (Å²) in [6.45, 7) is 7.20. The lowest BCUT2D eigenvalue weighted by atomic mass is 9.89. The summed E-state index contributed by atoms with van der Waals surface area (Å²) in [6, 6.07) is 0. The third-order valence-corrected chi connectivity index (χ3v) is 5.58. The number of likely N-dealkylation sites (tertiary alicyclic amines) is 1. The Hall–Kier alpha value is -0.660. The number of amides is 1. The number of nitrogens with zero attached hydrogens (tertiary/aromatic N) is 4. The third kappa shape index (κ3) is 4.17. The van der Waals surface area contributed by atoms with Crippen molar-refractivity contribution in [2.75, 3.05) is 39.5 Å². The van der Waals surface area contributed by atoms with Crippen LogP contribution >= 0.6 is 23.1 Å². The van der Waals surface area contributed by atoms with Crippen LogP contribution in [0.1, 0.15) is 18.4 Å². The molecule has 0 bridgehead atoms. The Morgan fingerprint density at radius 2 is 2.30 bits per heavy atom. The maximum Gasteiger partial charge on any atom is 0.232 e. The fraction of sp³-hybridized carbons (Fsp3) is 0.769. The van der Waals surface area contributed by atoms with E-state index in [0.717, 1.165) is 35.4 Å². The first-order chi connectivity index (χ1) is 9.38. The predicted octanol–water partition coefficient (Wildman–Crippen LogP) is 1.74. The summed E-state index contributed by atoms with van der Waals surface area (Å²) in [5.74, 6) is 0.607. The fourth-order valence-corrected chi connectivity index (χ4v) is 4.39. The van der Waals surface area contributed by atoms with Gasteiger partial charge in [-0.1, -0.05) is 30.0 Å². The Balaban J connectivity index is 1.80. The molecular weight excluding hydrogens is 292 g/mol. The van der Waals surface area contributed by atoms with Crippen LogP contribution in [-0.4, -0.2) is 65.4 Å². The highest BCUT2D eigenvalue weighted by molar-refractivity contribution is 8.01. The number of rotatable bonds is 5. The van der Waals surface area contributed by atoms with Crippen LogP contribution in [0.4, 0.5) is 0 Å². The zero-order chi connectivity index (χ0) is 14.8. The molecule has 0 aliphatic carbocycles. The van der Waals surface area contributed by atoms with Crippen LogP contribution in [0.25, 0.3) is 0 Å². The van der Waals surface area contributed by atoms with Crippen LogP contribution < -0.4 is 0 Å². The second-order valence-corrected chi connectivity index (χ2v) is 8.33. The van der Waals surface area contributed by atoms with Gasteiger partial charge in [0.1, 0.15) is 5.01 Å². The number of thioether (sulfide) groups is 1. The van der Waals surface area contributed by atoms with E-state index in [0.29, 0.717) is 5.75 Å². The Morgan fingerprint density at radius 1 is 1.55 bits per heavy atom. The molecule has 0 saturated carbocycles. The number of aryl methyl sites for hydroxylation is 1. The van der Waals surface area contributed by atoms with E-state index in [1.807, 2.05) is 18.9 Å². The summed E-state index contributed by atoms with van der Waals surface area (Å²) in [5, 5.41) is 8.93. The van der Waals surface area contributed by atoms with Gasteiger partial charge in [0.05, 0.1) is 5.75 Å². The van der Waals surface area contributed by atoms with E-state index in [4.69, 9.17) is 0 Å². The lowest BCUT2D eigenvalue weighted by molar-refractivity contribution is -0.128. The van der Waals surface area contributed by atoms with E-state index < -0.39 is 0 Å². The minimum atomic E-state index is 0.165. The Bertz CT molecular complexity index is 479. The molecular formula is C13H22N4OS2. The summed E-state index contributed by atoms with van der Waals surface area (Å²) >= 11 is 3.02. The topological polar surface area (TPSA) is 49.3 Å². The molecule has 1 atom stereocenters. The molecule has 7 heteroatoms. The zero-order valence-corrected chi connectivity index (χ0v) is 14.2. The van der Waals surface area contributed by atoms with Crippen molar-refractivity contribution in [3.8, 4) is 0 Å². The first-order valence-corrected chi connectivity index (χ1v) is 8.54. The molecule has 2 heterocycles. The van der Waals surface area contributed by atoms with Crippen molar-refractivity contribution in [1.29, 1.82) is 0 Å². The van der Waals surface area contributed by atoms with E-state index in [1.165, 1.54) is 23.1 Å². The van der Waals surface area contributed by atoms with E-state index in [1.54, 1.807) is 0 Å². The van der Waals surface area contributed by atoms with E-state index in [2.05, 4.69) is 29.1 Å². The number of carbonyl (C=O) groups excluding carboxylic acids is 1. The molecule has 1 aromatic heterocycles. The van der Waals surface area contributed by atoms with Gasteiger partial charge in [-0.3, -0.25) is 4.79 Å². The van der Waals surface area contributed by atoms with Crippen molar-refractivity contribution >= 4 is 29.0 Å². The van der Waals surface area contributed by atoms with Gasteiger partial charge in [0.15, 0.2) is 4.34 Å². The third-order valence-electron chi connectivity index (χ3n) is 3.62. The van der Waals surface area contributed by atoms with Gasteiger partial charge in [0.25, 0.3) is 0 Å². The maximum absolute atomic E-state index is 12.2. The summed E-state index contributed by atoms with van der Waals surface area (Å²) in [4.78, 5) is 16.4. The molecule has 1 aliphatic heterocycles. The molecule has 112 valence electrons. The maximum atomic E-state index is 12.2. The first kappa shape index (κ1) is 15.7. The zero-order valence-electron chi connectivity index (χ0n) is 12.5. The van der Waals surface area contributed by atoms with Gasteiger partial charge < -0.3 is 9.80 Å². The molecule has 20 heavy (non-hydrogen) atoms. The van der Waals surface area contributed by atoms with Gasteiger partial charge in [-0.15, -0.1) is 10.2 Å². The molecule has 1 aromatic rings. The van der Waals surface area contributed by atoms with Crippen LogP contribution in [0.15, 0.2) is 4.34 Å². The largest absolute Gasteiger partial charge is 0.344 e. The van der Waals surface area contributed by atoms with Crippen LogP contribution in [0.2, 0.25) is 0 Å². The smallest absolute Gasteiger partial charge is 0.232 e. The van der Waals surface area contributed by atoms with Gasteiger partial charge in [0, 0.05) is 20.1 Å². The van der Waals surface area contributed by atoms with Gasteiger partial charge in [-0.25, -0.2) is 0 Å². The molecule has 5 nitrogen and oxygen atoms in total. The van der Waals surface area contributed by atoms with Gasteiger partial charge >= 0.3 is 0 Å². The van der Waals surface area contributed by atoms with Crippen molar-refractivity contribution in [2.24, 2.45) is 5.41 Å². The summed E-state index contributed by atoms with van der Waals surface area (Å²) in [5.41, 5.74) is 0.225. The van der Waals surface area contributed by atoms with Crippen LogP contribution in [0, 0.1) is 12.3 Å². The molecule has 0 aromatic carbocycles. The second-order valence-electron chi connectivity index (χ2n) is 5.92. The lowest BCUT2D eigenvalue weighted by Crippen LogP contribution is -2.39. The van der Waals surface area contributed by atoms with Gasteiger partial charge in [0.2, 0.25) is 5.91 Å². The van der Waals surface area contributed by atoms with Crippen molar-refractivity contribution in [2.45, 2.75) is 24.6 Å². The van der Waals surface area contributed by atoms with E-state index in [-0.39, 0.29) is 11.3 Å². The molecule has 0 spiro atoms. The highest BCUT2D eigenvalue weighted by Crippen LogP contribution is 2.30. The molecule has 1 fully saturated rings. The van der Waals surface area contributed by atoms with Crippen molar-refractivity contribution in [3.63, 3.8) is 0 Å². The molecule has 1 aliphatic rings. The lowest BCUT2D eigenvalue weighted by Gasteiger charge is -2.29. The molecule has 0 N–H and O–H groups in total. The van der Waals surface area contributed by atoms with Crippen LogP contribution in [0.5, 0.6) is 0 Å². The normalized spacial score (nSPS) is 23.2. The molecule has 1 saturated heterocycles. The summed E-state index contributed by atoms with van der Waals surface area (Å²) in [6.07, 6.45) is 1.16. The predicted molar refractivity (Wildman–Crippen MR) is 83.2 cm³/mol. The number of carbonyl (C=O) groups is 1. The second kappa shape index (κ2) is 6.41. The van der Waals surface area contributed by atoms with Crippen molar-refractivity contribution in [1.82, 2.24) is 20.0 Å². The molecule has 2 rings (SSSR count). The quantitative estimate of drug-likeness (QED) is 0.775. The SMILES string of the molecule is Cc1nnc(SCC(=O)N(C)C[C@@]2(C)CCN(C)C2)s1. The Kier molecular flexibility index (Phi) is 5.04. The van der Waals surface area contributed by atoms with E-state index >= 15 is 0 Å². The Morgan fingerprint density at radius 3 is 2.85 bits per heavy atom. The molecule has 0 unspecified atom stereocenters. The first-order valence-electron chi connectivity index (χ1n) is 6.73. The van der Waals surface area contributed by atoms with Crippen LogP contribution in [-0.2, 0) is 4.79 Å². The van der Waals surface area contributed by atoms with Crippen LogP contribution in [0.3, 0.4) is 0 Å². The van der Waals surface area contributed by atoms with Crippen molar-refractivity contribution < 1.29 is 4.79 Å². The minimum absolute atomic E-state index is 0.165. The van der Waals surface area contributed by atoms with Gasteiger partial charge in [-0.2, -0.15) is 0 Å². The minimum Gasteiger partial charge on any atom is -0.344 e. The Labute approximate surface area is 128 Å². The molecule has 0 radical (unpaired) electrons. The van der Waals surface area contributed by atoms with Crippen molar-refractivity contribution in [3.05, 3.63) is 5.01 Å². The fourth-order valence-electron chi connectivity index (χ4n) is 2.63. The highest BCUT2D eigenvalue weighted by Gasteiger charge is 2.33. The highest BCUT2D eigenvalue weighted by atomic mass is 32.2. The average Bonchev–Trinajstić information content (AvgIpc) is 2.92. The summed E-state index contributed by atoms with van der Waals surface area (Å²) in [7, 11) is 4.04. The number of aromatic nitrogens is 2. The van der Waals surface area contributed by atoms with E-state index in [9.17, 15) is 4.79 Å². The average molecular weight is 314 g/mol. The number of hydrogen-bond donors (Lipinski definition) is 0.